The maximum absolute atomic E-state index is 10.9. The molecule has 0 atom stereocenters. The van der Waals surface area contributed by atoms with E-state index in [1.54, 1.807) is 11.7 Å². The van der Waals surface area contributed by atoms with Crippen molar-refractivity contribution in [2.24, 2.45) is 0 Å². The molecule has 0 amide bonds. The molecule has 0 spiro atoms. The number of aromatic nitrogens is 4. The van der Waals surface area contributed by atoms with Crippen LogP contribution in [0.2, 0.25) is 0 Å². The van der Waals surface area contributed by atoms with Crippen molar-refractivity contribution in [2.45, 2.75) is 28.9 Å². The smallest absolute Gasteiger partial charge is 0.272 e. The summed E-state index contributed by atoms with van der Waals surface area (Å²) in [5.74, 6) is 0. The van der Waals surface area contributed by atoms with E-state index in [2.05, 4.69) is 20.8 Å². The fourth-order valence-corrected chi connectivity index (χ4v) is 2.73. The Morgan fingerprint density at radius 1 is 1.45 bits per heavy atom. The maximum atomic E-state index is 10.9. The zero-order valence-corrected chi connectivity index (χ0v) is 11.5. The molecule has 0 bridgehead atoms. The fraction of sp³-hybridized carbons (Fsp3) is 0.364. The molecule has 0 saturated heterocycles. The van der Waals surface area contributed by atoms with Gasteiger partial charge in [0.15, 0.2) is 0 Å². The second-order valence-corrected chi connectivity index (χ2v) is 5.50. The highest BCUT2D eigenvalue weighted by molar-refractivity contribution is 7.99. The van der Waals surface area contributed by atoms with Crippen LogP contribution in [0.15, 0.2) is 28.3 Å². The Kier molecular flexibility index (Phi) is 3.26. The van der Waals surface area contributed by atoms with Crippen molar-refractivity contribution >= 4 is 23.1 Å². The van der Waals surface area contributed by atoms with Crippen LogP contribution in [-0.2, 0) is 0 Å². The van der Waals surface area contributed by atoms with E-state index in [1.807, 2.05) is 6.07 Å². The number of benzene rings is 1. The van der Waals surface area contributed by atoms with Crippen LogP contribution >= 0.6 is 11.8 Å². The molecule has 9 heteroatoms. The van der Waals surface area contributed by atoms with E-state index in [1.165, 1.54) is 23.9 Å². The van der Waals surface area contributed by atoms with Gasteiger partial charge in [0.2, 0.25) is 5.16 Å². The van der Waals surface area contributed by atoms with Gasteiger partial charge in [-0.3, -0.25) is 10.1 Å². The topological polar surface area (TPSA) is 98.8 Å². The van der Waals surface area contributed by atoms with Crippen LogP contribution in [0.3, 0.4) is 0 Å². The predicted molar refractivity (Wildman–Crippen MR) is 72.9 cm³/mol. The van der Waals surface area contributed by atoms with Crippen molar-refractivity contribution in [1.29, 1.82) is 0 Å². The minimum atomic E-state index is -0.408. The summed E-state index contributed by atoms with van der Waals surface area (Å²) in [5.41, 5.74) is 0.733. The van der Waals surface area contributed by atoms with Crippen molar-refractivity contribution in [2.75, 3.05) is 12.4 Å². The number of hydrogen-bond donors (Lipinski definition) is 1. The third kappa shape index (κ3) is 2.57. The molecule has 1 heterocycles. The number of non-ortho nitro benzene ring substituents is 1. The lowest BCUT2D eigenvalue weighted by molar-refractivity contribution is -0.385. The lowest BCUT2D eigenvalue weighted by Crippen LogP contribution is -1.99. The van der Waals surface area contributed by atoms with E-state index >= 15 is 0 Å². The average Bonchev–Trinajstić information content (AvgIpc) is 3.19. The summed E-state index contributed by atoms with van der Waals surface area (Å²) in [6.45, 7) is 0. The van der Waals surface area contributed by atoms with Gasteiger partial charge in [0.1, 0.15) is 0 Å². The van der Waals surface area contributed by atoms with E-state index in [-0.39, 0.29) is 5.69 Å². The zero-order valence-electron chi connectivity index (χ0n) is 10.7. The molecule has 0 radical (unpaired) electrons. The highest BCUT2D eigenvalue weighted by Gasteiger charge is 2.28. The second-order valence-electron chi connectivity index (χ2n) is 4.46. The van der Waals surface area contributed by atoms with E-state index in [4.69, 9.17) is 0 Å². The normalized spacial score (nSPS) is 14.2. The molecule has 0 unspecified atom stereocenters. The second kappa shape index (κ2) is 5.08. The molecule has 1 aromatic heterocycles. The van der Waals surface area contributed by atoms with Gasteiger partial charge in [-0.25, -0.2) is 4.68 Å². The molecule has 1 aliphatic rings. The Balaban J connectivity index is 1.91. The third-order valence-electron chi connectivity index (χ3n) is 2.96. The van der Waals surface area contributed by atoms with E-state index in [0.717, 1.165) is 17.7 Å². The highest BCUT2D eigenvalue weighted by atomic mass is 32.2. The average molecular weight is 292 g/mol. The van der Waals surface area contributed by atoms with Gasteiger partial charge < -0.3 is 5.32 Å². The largest absolute Gasteiger partial charge is 0.388 e. The summed E-state index contributed by atoms with van der Waals surface area (Å²) in [4.78, 5) is 11.3. The molecule has 0 aliphatic heterocycles. The molecule has 1 saturated carbocycles. The van der Waals surface area contributed by atoms with Crippen LogP contribution < -0.4 is 5.32 Å². The van der Waals surface area contributed by atoms with E-state index < -0.39 is 4.92 Å². The molecular weight excluding hydrogens is 280 g/mol. The SMILES string of the molecule is CNc1cc(Sc2nnnn2C2CC2)cc([N+](=O)[O-])c1. The van der Waals surface area contributed by atoms with Gasteiger partial charge in [-0.05, 0) is 41.1 Å². The van der Waals surface area contributed by atoms with Gasteiger partial charge in [0.25, 0.3) is 5.69 Å². The number of nitrogens with zero attached hydrogens (tertiary/aromatic N) is 5. The van der Waals surface area contributed by atoms with E-state index in [9.17, 15) is 10.1 Å². The van der Waals surface area contributed by atoms with Crippen molar-refractivity contribution in [3.05, 3.63) is 28.3 Å². The van der Waals surface area contributed by atoms with Crippen LogP contribution in [0.4, 0.5) is 11.4 Å². The molecule has 1 fully saturated rings. The van der Waals surface area contributed by atoms with Gasteiger partial charge >= 0.3 is 0 Å². The van der Waals surface area contributed by atoms with Crippen LogP contribution in [0.25, 0.3) is 0 Å². The Hall–Kier alpha value is -2.16. The Morgan fingerprint density at radius 3 is 2.90 bits per heavy atom. The van der Waals surface area contributed by atoms with Crippen molar-refractivity contribution in [3.8, 4) is 0 Å². The number of nitrogens with one attached hydrogen (secondary N) is 1. The molecule has 1 aromatic carbocycles. The van der Waals surface area contributed by atoms with Gasteiger partial charge in [0, 0.05) is 29.8 Å². The van der Waals surface area contributed by atoms with Crippen LogP contribution in [0.1, 0.15) is 18.9 Å². The molecule has 8 nitrogen and oxygen atoms in total. The summed E-state index contributed by atoms with van der Waals surface area (Å²) < 4.78 is 1.78. The minimum Gasteiger partial charge on any atom is -0.388 e. The molecule has 2 aromatic rings. The fourth-order valence-electron chi connectivity index (χ4n) is 1.80. The Labute approximate surface area is 118 Å². The first-order valence-electron chi connectivity index (χ1n) is 6.10. The van der Waals surface area contributed by atoms with Gasteiger partial charge in [-0.2, -0.15) is 0 Å². The van der Waals surface area contributed by atoms with Crippen molar-refractivity contribution in [3.63, 3.8) is 0 Å². The first-order valence-corrected chi connectivity index (χ1v) is 6.92. The van der Waals surface area contributed by atoms with Crippen molar-refractivity contribution < 1.29 is 4.92 Å². The standard InChI is InChI=1S/C11H12N6O2S/c1-12-7-4-9(17(18)19)6-10(5-7)20-11-13-14-15-16(11)8-2-3-8/h4-6,8,12H,2-3H2,1H3. The summed E-state index contributed by atoms with van der Waals surface area (Å²) in [6.07, 6.45) is 2.16. The molecule has 1 N–H and O–H groups in total. The monoisotopic (exact) mass is 292 g/mol. The predicted octanol–water partition coefficient (Wildman–Crippen LogP) is 2.11. The molecule has 104 valence electrons. The van der Waals surface area contributed by atoms with Gasteiger partial charge in [-0.1, -0.05) is 0 Å². The number of anilines is 1. The number of tetrazole rings is 1. The van der Waals surface area contributed by atoms with Crippen LogP contribution in [0.5, 0.6) is 0 Å². The number of nitro benzene ring substituents is 1. The molecule has 20 heavy (non-hydrogen) atoms. The number of nitro groups is 1. The van der Waals surface area contributed by atoms with Crippen molar-refractivity contribution in [1.82, 2.24) is 20.2 Å². The van der Waals surface area contributed by atoms with Gasteiger partial charge in [-0.15, -0.1) is 5.10 Å². The number of hydrogen-bond acceptors (Lipinski definition) is 7. The minimum absolute atomic E-state index is 0.0461. The summed E-state index contributed by atoms with van der Waals surface area (Å²) in [6, 6.07) is 5.23. The first kappa shape index (κ1) is 12.9. The zero-order chi connectivity index (χ0) is 14.1. The first-order chi connectivity index (χ1) is 9.67. The molecule has 1 aliphatic carbocycles. The van der Waals surface area contributed by atoms with E-state index in [0.29, 0.717) is 16.9 Å². The summed E-state index contributed by atoms with van der Waals surface area (Å²) >= 11 is 1.33. The number of rotatable bonds is 5. The summed E-state index contributed by atoms with van der Waals surface area (Å²) in [7, 11) is 1.72. The Morgan fingerprint density at radius 2 is 2.25 bits per heavy atom. The van der Waals surface area contributed by atoms with Gasteiger partial charge in [0.05, 0.1) is 11.0 Å². The lowest BCUT2D eigenvalue weighted by Gasteiger charge is -2.05. The van der Waals surface area contributed by atoms with Crippen LogP contribution in [-0.4, -0.2) is 32.2 Å². The highest BCUT2D eigenvalue weighted by Crippen LogP contribution is 2.39. The Bertz CT molecular complexity index is 654. The third-order valence-corrected chi connectivity index (χ3v) is 3.88. The quantitative estimate of drug-likeness (QED) is 0.665. The maximum Gasteiger partial charge on any atom is 0.272 e. The lowest BCUT2D eigenvalue weighted by atomic mass is 10.3. The molecule has 3 rings (SSSR count). The molecular formula is C11H12N6O2S. The summed E-state index contributed by atoms with van der Waals surface area (Å²) in [5, 5.41) is 26.1. The van der Waals surface area contributed by atoms with Crippen LogP contribution in [0, 0.1) is 10.1 Å².